The van der Waals surface area contributed by atoms with Crippen LogP contribution < -0.4 is 9.47 Å². The summed E-state index contributed by atoms with van der Waals surface area (Å²) in [4.78, 5) is 20.5. The molecule has 7 nitrogen and oxygen atoms in total. The third-order valence-corrected chi connectivity index (χ3v) is 5.06. The maximum atomic E-state index is 11.9. The summed E-state index contributed by atoms with van der Waals surface area (Å²) in [6, 6.07) is 12.7. The minimum atomic E-state index is -1.15. The Morgan fingerprint density at radius 1 is 1.24 bits per heavy atom. The molecule has 0 fully saturated rings. The largest absolute Gasteiger partial charge is 0.496 e. The quantitative estimate of drug-likeness (QED) is 0.518. The van der Waals surface area contributed by atoms with Crippen molar-refractivity contribution in [1.29, 1.82) is 0 Å². The number of aromatic nitrogens is 3. The average molecular weight is 412 g/mol. The summed E-state index contributed by atoms with van der Waals surface area (Å²) < 4.78 is 13.1. The maximum Gasteiger partial charge on any atom is 0.345 e. The number of aliphatic carboxylic acids is 1. The summed E-state index contributed by atoms with van der Waals surface area (Å²) in [5, 5.41) is 11.7. The van der Waals surface area contributed by atoms with Crippen molar-refractivity contribution in [3.63, 3.8) is 0 Å². The first-order valence-corrected chi connectivity index (χ1v) is 9.27. The van der Waals surface area contributed by atoms with Gasteiger partial charge in [0.15, 0.2) is 0 Å². The summed E-state index contributed by atoms with van der Waals surface area (Å²) in [5.74, 6) is -0.293. The van der Waals surface area contributed by atoms with Gasteiger partial charge in [0, 0.05) is 23.9 Å². The van der Waals surface area contributed by atoms with E-state index in [0.717, 1.165) is 16.5 Å². The number of halogens is 1. The van der Waals surface area contributed by atoms with Crippen LogP contribution in [-0.4, -0.2) is 38.8 Å². The van der Waals surface area contributed by atoms with E-state index in [1.807, 2.05) is 35.9 Å². The van der Waals surface area contributed by atoms with Crippen LogP contribution in [0.4, 0.5) is 0 Å². The highest BCUT2D eigenvalue weighted by Gasteiger charge is 2.25. The van der Waals surface area contributed by atoms with Crippen molar-refractivity contribution in [2.24, 2.45) is 7.05 Å². The number of methoxy groups -OCH3 is 1. The smallest absolute Gasteiger partial charge is 0.345 e. The van der Waals surface area contributed by atoms with Crippen LogP contribution >= 0.6 is 11.6 Å². The van der Waals surface area contributed by atoms with Gasteiger partial charge in [-0.25, -0.2) is 14.8 Å². The van der Waals surface area contributed by atoms with Crippen molar-refractivity contribution in [3.8, 4) is 11.6 Å². The molecule has 0 amide bonds. The molecule has 0 aliphatic rings. The van der Waals surface area contributed by atoms with Gasteiger partial charge < -0.3 is 19.1 Å². The second-order valence-corrected chi connectivity index (χ2v) is 7.00. The lowest BCUT2D eigenvalue weighted by Crippen LogP contribution is -2.30. The molecule has 0 radical (unpaired) electrons. The molecule has 1 atom stereocenters. The van der Waals surface area contributed by atoms with E-state index in [2.05, 4.69) is 9.97 Å². The Hall–Kier alpha value is -3.32. The molecule has 8 heteroatoms. The molecule has 0 bridgehead atoms. The van der Waals surface area contributed by atoms with Crippen molar-refractivity contribution in [1.82, 2.24) is 14.5 Å². The lowest BCUT2D eigenvalue weighted by molar-refractivity contribution is -0.145. The number of aryl methyl sites for hydroxylation is 1. The van der Waals surface area contributed by atoms with E-state index in [4.69, 9.17) is 21.1 Å². The summed E-state index contributed by atoms with van der Waals surface area (Å²) in [7, 11) is 3.42. The van der Waals surface area contributed by atoms with Gasteiger partial charge >= 0.3 is 5.97 Å². The van der Waals surface area contributed by atoms with Gasteiger partial charge in [-0.1, -0.05) is 29.8 Å². The first-order valence-electron chi connectivity index (χ1n) is 8.89. The number of carboxylic acid groups (broad SMARTS) is 1. The third kappa shape index (κ3) is 3.45. The predicted molar refractivity (Wildman–Crippen MR) is 110 cm³/mol. The molecule has 148 valence electrons. The van der Waals surface area contributed by atoms with E-state index in [1.54, 1.807) is 25.3 Å². The number of ether oxygens (including phenoxy) is 2. The Kier molecular flexibility index (Phi) is 4.98. The number of hydrogen-bond donors (Lipinski definition) is 1. The number of para-hydroxylation sites is 1. The fourth-order valence-electron chi connectivity index (χ4n) is 3.44. The van der Waals surface area contributed by atoms with Gasteiger partial charge in [0.25, 0.3) is 0 Å². The maximum absolute atomic E-state index is 11.9. The monoisotopic (exact) mass is 411 g/mol. The van der Waals surface area contributed by atoms with E-state index in [1.165, 1.54) is 6.33 Å². The van der Waals surface area contributed by atoms with E-state index in [-0.39, 0.29) is 12.3 Å². The SMILES string of the molecule is COc1ccccc1CC(Oc1ncnc2c1c1cc(Cl)ccc1n2C)C(=O)O. The van der Waals surface area contributed by atoms with Gasteiger partial charge in [0.1, 0.15) is 17.7 Å². The molecular weight excluding hydrogens is 394 g/mol. The minimum Gasteiger partial charge on any atom is -0.496 e. The number of nitrogens with zero attached hydrogens (tertiary/aromatic N) is 3. The van der Waals surface area contributed by atoms with Gasteiger partial charge in [0.2, 0.25) is 12.0 Å². The van der Waals surface area contributed by atoms with Crippen molar-refractivity contribution >= 4 is 39.5 Å². The van der Waals surface area contributed by atoms with Crippen LogP contribution in [0, 0.1) is 0 Å². The molecule has 0 aliphatic heterocycles. The van der Waals surface area contributed by atoms with E-state index in [9.17, 15) is 9.90 Å². The van der Waals surface area contributed by atoms with Gasteiger partial charge in [-0.3, -0.25) is 0 Å². The van der Waals surface area contributed by atoms with Crippen molar-refractivity contribution in [2.45, 2.75) is 12.5 Å². The highest BCUT2D eigenvalue weighted by Crippen LogP contribution is 2.34. The van der Waals surface area contributed by atoms with Crippen LogP contribution in [-0.2, 0) is 18.3 Å². The fraction of sp³-hybridized carbons (Fsp3) is 0.190. The van der Waals surface area contributed by atoms with Crippen LogP contribution in [0.15, 0.2) is 48.8 Å². The number of hydrogen-bond acceptors (Lipinski definition) is 5. The Balaban J connectivity index is 1.79. The number of rotatable bonds is 6. The molecule has 0 aliphatic carbocycles. The number of fused-ring (bicyclic) bond motifs is 3. The molecule has 29 heavy (non-hydrogen) atoms. The fourth-order valence-corrected chi connectivity index (χ4v) is 3.61. The molecule has 2 aromatic carbocycles. The second-order valence-electron chi connectivity index (χ2n) is 6.56. The molecular formula is C21H18ClN3O4. The van der Waals surface area contributed by atoms with Crippen molar-refractivity contribution in [2.75, 3.05) is 7.11 Å². The minimum absolute atomic E-state index is 0.121. The Morgan fingerprint density at radius 3 is 2.79 bits per heavy atom. The molecule has 0 saturated carbocycles. The number of carbonyl (C=O) groups is 1. The number of carboxylic acids is 1. The lowest BCUT2D eigenvalue weighted by Gasteiger charge is -2.16. The van der Waals surface area contributed by atoms with E-state index < -0.39 is 12.1 Å². The van der Waals surface area contributed by atoms with Gasteiger partial charge in [-0.05, 0) is 29.8 Å². The molecule has 2 aromatic heterocycles. The standard InChI is InChI=1S/C21H18ClN3O4/c1-25-15-8-7-13(22)10-14(15)18-19(25)23-11-24-20(18)29-17(21(26)27)9-12-5-3-4-6-16(12)28-2/h3-8,10-11,17H,9H2,1-2H3,(H,26,27). The Bertz CT molecular complexity index is 1220. The van der Waals surface area contributed by atoms with Gasteiger partial charge in [0.05, 0.1) is 18.0 Å². The summed E-state index contributed by atoms with van der Waals surface area (Å²) in [6.07, 6.45) is 0.329. The van der Waals surface area contributed by atoms with E-state index in [0.29, 0.717) is 21.8 Å². The lowest BCUT2D eigenvalue weighted by atomic mass is 10.1. The topological polar surface area (TPSA) is 86.5 Å². The van der Waals surface area contributed by atoms with Crippen LogP contribution in [0.25, 0.3) is 21.9 Å². The Labute approximate surface area is 171 Å². The first-order chi connectivity index (χ1) is 14.0. The highest BCUT2D eigenvalue weighted by molar-refractivity contribution is 6.32. The summed E-state index contributed by atoms with van der Waals surface area (Å²) in [6.45, 7) is 0. The van der Waals surface area contributed by atoms with Gasteiger partial charge in [-0.2, -0.15) is 0 Å². The van der Waals surface area contributed by atoms with Crippen molar-refractivity contribution < 1.29 is 19.4 Å². The normalized spacial score (nSPS) is 12.2. The summed E-state index contributed by atoms with van der Waals surface area (Å²) >= 11 is 6.18. The third-order valence-electron chi connectivity index (χ3n) is 4.83. The molecule has 4 aromatic rings. The van der Waals surface area contributed by atoms with Crippen LogP contribution in [0.1, 0.15) is 5.56 Å². The molecule has 0 saturated heterocycles. The zero-order chi connectivity index (χ0) is 20.5. The molecule has 4 rings (SSSR count). The average Bonchev–Trinajstić information content (AvgIpc) is 3.00. The van der Waals surface area contributed by atoms with Crippen LogP contribution in [0.5, 0.6) is 11.6 Å². The van der Waals surface area contributed by atoms with Crippen molar-refractivity contribution in [3.05, 3.63) is 59.4 Å². The zero-order valence-corrected chi connectivity index (χ0v) is 16.6. The predicted octanol–water partition coefficient (Wildman–Crippen LogP) is 3.86. The second kappa shape index (κ2) is 7.60. The van der Waals surface area contributed by atoms with Crippen LogP contribution in [0.2, 0.25) is 5.02 Å². The van der Waals surface area contributed by atoms with Crippen LogP contribution in [0.3, 0.4) is 0 Å². The summed E-state index contributed by atoms with van der Waals surface area (Å²) in [5.41, 5.74) is 2.26. The first kappa shape index (κ1) is 19.0. The van der Waals surface area contributed by atoms with Gasteiger partial charge in [-0.15, -0.1) is 0 Å². The highest BCUT2D eigenvalue weighted by atomic mass is 35.5. The number of benzene rings is 2. The zero-order valence-electron chi connectivity index (χ0n) is 15.8. The molecule has 0 spiro atoms. The Morgan fingerprint density at radius 2 is 2.03 bits per heavy atom. The molecule has 1 N–H and O–H groups in total. The molecule has 1 unspecified atom stereocenters. The van der Waals surface area contributed by atoms with E-state index >= 15 is 0 Å². The molecule has 2 heterocycles.